The van der Waals surface area contributed by atoms with Crippen LogP contribution in [0.2, 0.25) is 0 Å². The van der Waals surface area contributed by atoms with Gasteiger partial charge in [0.25, 0.3) is 0 Å². The largest absolute Gasteiger partial charge is 0.508 e. The lowest BCUT2D eigenvalue weighted by atomic mass is 10.1. The molecule has 1 amide bonds. The first-order valence-corrected chi connectivity index (χ1v) is 10.2. The topological polar surface area (TPSA) is 64.6 Å². The second-order valence-electron chi connectivity index (χ2n) is 5.89. The van der Waals surface area contributed by atoms with Crippen LogP contribution in [0.1, 0.15) is 65.2 Å². The number of hydrogen-bond acceptors (Lipinski definition) is 4. The summed E-state index contributed by atoms with van der Waals surface area (Å²) in [6, 6.07) is 0.117. The Morgan fingerprint density at radius 3 is 2.87 bits per heavy atom. The van der Waals surface area contributed by atoms with E-state index in [9.17, 15) is 9.36 Å². The predicted octanol–water partition coefficient (Wildman–Crippen LogP) is 4.94. The molecule has 0 saturated heterocycles. The summed E-state index contributed by atoms with van der Waals surface area (Å²) in [5.41, 5.74) is 1.41. The first kappa shape index (κ1) is 20.1. The van der Waals surface area contributed by atoms with Crippen LogP contribution >= 0.6 is 8.03 Å². The Balaban J connectivity index is 2.09. The monoisotopic (exact) mass is 344 g/mol. The van der Waals surface area contributed by atoms with Crippen LogP contribution in [0.3, 0.4) is 0 Å². The molecule has 0 radical (unpaired) electrons. The number of allylic oxidation sites excluding steroid dienone is 1. The summed E-state index contributed by atoms with van der Waals surface area (Å²) >= 11 is 0. The third-order valence-corrected chi connectivity index (χ3v) is 5.09. The van der Waals surface area contributed by atoms with Gasteiger partial charge in [0.1, 0.15) is 0 Å². The number of alkyl carbamates (subject to hydrolysis) is 1. The quantitative estimate of drug-likeness (QED) is 0.309. The molecule has 0 saturated carbocycles. The Morgan fingerprint density at radius 2 is 2.13 bits per heavy atom. The van der Waals surface area contributed by atoms with E-state index in [0.29, 0.717) is 19.4 Å². The van der Waals surface area contributed by atoms with Crippen molar-refractivity contribution >= 4 is 14.1 Å². The van der Waals surface area contributed by atoms with Crippen molar-refractivity contribution in [2.24, 2.45) is 0 Å². The summed E-state index contributed by atoms with van der Waals surface area (Å²) in [6.45, 7) is 4.96. The number of carbonyl (C=O) groups excluding carboxylic acids is 1. The van der Waals surface area contributed by atoms with Crippen molar-refractivity contribution in [3.63, 3.8) is 0 Å². The summed E-state index contributed by atoms with van der Waals surface area (Å²) in [5, 5.41) is 2.91. The molecular formula is C17H31NO4P+. The van der Waals surface area contributed by atoms with Crippen molar-refractivity contribution in [3.05, 3.63) is 11.6 Å². The van der Waals surface area contributed by atoms with Gasteiger partial charge in [-0.3, -0.25) is 0 Å². The molecule has 0 heterocycles. The third kappa shape index (κ3) is 9.72. The van der Waals surface area contributed by atoms with E-state index in [2.05, 4.69) is 18.3 Å². The highest BCUT2D eigenvalue weighted by atomic mass is 31.1. The molecular weight excluding hydrogens is 313 g/mol. The first-order chi connectivity index (χ1) is 11.2. The summed E-state index contributed by atoms with van der Waals surface area (Å²) in [4.78, 5) is 11.6. The van der Waals surface area contributed by atoms with E-state index < -0.39 is 8.03 Å². The molecule has 23 heavy (non-hydrogen) atoms. The van der Waals surface area contributed by atoms with Gasteiger partial charge in [0.15, 0.2) is 6.16 Å². The Hall–Kier alpha value is -0.930. The maximum atomic E-state index is 11.6. The number of ether oxygens (including phenoxy) is 1. The van der Waals surface area contributed by atoms with Gasteiger partial charge in [-0.1, -0.05) is 25.0 Å². The Kier molecular flexibility index (Phi) is 10.9. The average Bonchev–Trinajstić information content (AvgIpc) is 2.95. The highest BCUT2D eigenvalue weighted by molar-refractivity contribution is 7.39. The smallest absolute Gasteiger partial charge is 0.450 e. The van der Waals surface area contributed by atoms with Crippen molar-refractivity contribution < 1.29 is 18.6 Å². The van der Waals surface area contributed by atoms with Crippen molar-refractivity contribution in [2.75, 3.05) is 19.4 Å². The molecule has 2 atom stereocenters. The lowest BCUT2D eigenvalue weighted by Gasteiger charge is -2.10. The summed E-state index contributed by atoms with van der Waals surface area (Å²) < 4.78 is 21.5. The molecule has 5 nitrogen and oxygen atoms in total. The van der Waals surface area contributed by atoms with Gasteiger partial charge in [-0.15, -0.1) is 4.52 Å². The van der Waals surface area contributed by atoms with Gasteiger partial charge in [0, 0.05) is 0 Å². The van der Waals surface area contributed by atoms with Crippen LogP contribution in [0.5, 0.6) is 0 Å². The minimum absolute atomic E-state index is 0.117. The van der Waals surface area contributed by atoms with Crippen LogP contribution in [-0.4, -0.2) is 31.5 Å². The minimum Gasteiger partial charge on any atom is -0.450 e. The number of unbranched alkanes of at least 4 members (excludes halogenated alkanes) is 3. The summed E-state index contributed by atoms with van der Waals surface area (Å²) in [6.07, 6.45) is 10.7. The van der Waals surface area contributed by atoms with E-state index in [1.807, 2.05) is 6.92 Å². The lowest BCUT2D eigenvalue weighted by Crippen LogP contribution is -2.32. The SMILES string of the molecule is CCCCOC(=O)NC1C=C(CCCCC[P+](=O)OCC)CC1. The lowest BCUT2D eigenvalue weighted by molar-refractivity contribution is 0.142. The minimum atomic E-state index is -1.46. The van der Waals surface area contributed by atoms with Gasteiger partial charge in [0.05, 0.1) is 19.3 Å². The highest BCUT2D eigenvalue weighted by Gasteiger charge is 2.18. The number of amides is 1. The van der Waals surface area contributed by atoms with Gasteiger partial charge in [-0.05, 0) is 56.4 Å². The van der Waals surface area contributed by atoms with Gasteiger partial charge >= 0.3 is 14.1 Å². The van der Waals surface area contributed by atoms with Crippen molar-refractivity contribution in [1.82, 2.24) is 5.32 Å². The molecule has 0 aliphatic heterocycles. The predicted molar refractivity (Wildman–Crippen MR) is 93.1 cm³/mol. The zero-order chi connectivity index (χ0) is 16.9. The summed E-state index contributed by atoms with van der Waals surface area (Å²) in [5.74, 6) is 0. The van der Waals surface area contributed by atoms with Crippen LogP contribution in [0.4, 0.5) is 4.79 Å². The van der Waals surface area contributed by atoms with Crippen molar-refractivity contribution in [2.45, 2.75) is 71.3 Å². The van der Waals surface area contributed by atoms with E-state index in [1.54, 1.807) is 0 Å². The maximum absolute atomic E-state index is 11.6. The van der Waals surface area contributed by atoms with Gasteiger partial charge in [-0.2, -0.15) is 0 Å². The second-order valence-corrected chi connectivity index (χ2v) is 7.26. The fourth-order valence-corrected chi connectivity index (χ4v) is 3.49. The third-order valence-electron chi connectivity index (χ3n) is 3.86. The van der Waals surface area contributed by atoms with Gasteiger partial charge in [0.2, 0.25) is 0 Å². The number of nitrogens with one attached hydrogen (secondary N) is 1. The van der Waals surface area contributed by atoms with Crippen LogP contribution in [-0.2, 0) is 13.8 Å². The van der Waals surface area contributed by atoms with Crippen molar-refractivity contribution in [1.29, 1.82) is 0 Å². The Bertz CT molecular complexity index is 398. The molecule has 0 aromatic carbocycles. The molecule has 0 spiro atoms. The van der Waals surface area contributed by atoms with Crippen LogP contribution in [0.15, 0.2) is 11.6 Å². The van der Waals surface area contributed by atoms with Crippen LogP contribution in [0.25, 0.3) is 0 Å². The Labute approximate surface area is 141 Å². The van der Waals surface area contributed by atoms with E-state index in [4.69, 9.17) is 9.26 Å². The molecule has 0 bridgehead atoms. The molecule has 6 heteroatoms. The normalized spacial score (nSPS) is 17.7. The van der Waals surface area contributed by atoms with Crippen molar-refractivity contribution in [3.8, 4) is 0 Å². The van der Waals surface area contributed by atoms with Crippen LogP contribution in [0, 0.1) is 0 Å². The molecule has 1 aliphatic rings. The zero-order valence-electron chi connectivity index (χ0n) is 14.5. The molecule has 2 unspecified atom stereocenters. The Morgan fingerprint density at radius 1 is 1.30 bits per heavy atom. The number of hydrogen-bond donors (Lipinski definition) is 1. The molecule has 0 aromatic rings. The molecule has 0 fully saturated rings. The van der Waals surface area contributed by atoms with E-state index in [0.717, 1.165) is 51.4 Å². The zero-order valence-corrected chi connectivity index (χ0v) is 15.4. The van der Waals surface area contributed by atoms with E-state index >= 15 is 0 Å². The fourth-order valence-electron chi connectivity index (χ4n) is 2.59. The van der Waals surface area contributed by atoms with E-state index in [-0.39, 0.29) is 12.1 Å². The maximum Gasteiger partial charge on any atom is 0.508 e. The molecule has 1 rings (SSSR count). The molecule has 1 aliphatic carbocycles. The second kappa shape index (κ2) is 12.5. The number of carbonyl (C=O) groups is 1. The van der Waals surface area contributed by atoms with Gasteiger partial charge in [-0.25, -0.2) is 4.79 Å². The summed E-state index contributed by atoms with van der Waals surface area (Å²) in [7, 11) is -1.46. The number of rotatable bonds is 12. The van der Waals surface area contributed by atoms with E-state index in [1.165, 1.54) is 5.57 Å². The molecule has 1 N–H and O–H groups in total. The standard InChI is InChI=1S/C17H30NO4P/c1-3-5-12-21-17(19)18-16-11-10-15(14-16)9-7-6-8-13-23(20)22-4-2/h14,16H,3-13H2,1-2H3/p+1. The average molecular weight is 344 g/mol. The molecule has 132 valence electrons. The molecule has 0 aromatic heterocycles. The highest BCUT2D eigenvalue weighted by Crippen LogP contribution is 2.26. The van der Waals surface area contributed by atoms with Crippen LogP contribution < -0.4 is 5.32 Å². The fraction of sp³-hybridized carbons (Fsp3) is 0.824. The first-order valence-electron chi connectivity index (χ1n) is 8.86. The van der Waals surface area contributed by atoms with Gasteiger partial charge < -0.3 is 10.1 Å².